The fraction of sp³-hybridized carbons (Fsp3) is 0.556. The topological polar surface area (TPSA) is 54.5 Å². The quantitative estimate of drug-likeness (QED) is 0.518. The monoisotopic (exact) mass is 338 g/mol. The first-order valence-corrected chi connectivity index (χ1v) is 5.56. The van der Waals surface area contributed by atoms with Gasteiger partial charge in [0.25, 0.3) is 0 Å². The Morgan fingerprint density at radius 3 is 3.00 bits per heavy atom. The predicted octanol–water partition coefficient (Wildman–Crippen LogP) is 1.67. The van der Waals surface area contributed by atoms with Crippen molar-refractivity contribution in [2.75, 3.05) is 7.05 Å². The van der Waals surface area contributed by atoms with Gasteiger partial charge in [0.15, 0.2) is 5.96 Å². The number of halogens is 1. The average molecular weight is 338 g/mol. The van der Waals surface area contributed by atoms with E-state index < -0.39 is 0 Å². The smallest absolute Gasteiger partial charge is 0.191 e. The molecule has 0 amide bonds. The van der Waals surface area contributed by atoms with Crippen LogP contribution < -0.4 is 5.73 Å². The average Bonchev–Trinajstić information content (AvgIpc) is 2.91. The lowest BCUT2D eigenvalue weighted by Gasteiger charge is -2.16. The summed E-state index contributed by atoms with van der Waals surface area (Å²) in [6.07, 6.45) is 4.27. The van der Waals surface area contributed by atoms with Gasteiger partial charge in [-0.2, -0.15) is 0 Å². The van der Waals surface area contributed by atoms with E-state index in [4.69, 9.17) is 5.73 Å². The highest BCUT2D eigenvalue weighted by Crippen LogP contribution is 2.24. The molecule has 2 rings (SSSR count). The van der Waals surface area contributed by atoms with Crippen LogP contribution in [0.4, 0.5) is 0 Å². The van der Waals surface area contributed by atoms with Crippen molar-refractivity contribution in [3.63, 3.8) is 0 Å². The minimum atomic E-state index is 0. The third-order valence-electron chi connectivity index (χ3n) is 2.32. The molecule has 1 saturated carbocycles. The Morgan fingerprint density at radius 2 is 2.47 bits per heavy atom. The van der Waals surface area contributed by atoms with Crippen LogP contribution in [0.2, 0.25) is 0 Å². The molecule has 15 heavy (non-hydrogen) atoms. The minimum absolute atomic E-state index is 0. The molecule has 0 saturated heterocycles. The highest BCUT2D eigenvalue weighted by molar-refractivity contribution is 14.0. The van der Waals surface area contributed by atoms with Crippen molar-refractivity contribution >= 4 is 41.3 Å². The third-order valence-corrected chi connectivity index (χ3v) is 3.08. The van der Waals surface area contributed by atoms with Gasteiger partial charge >= 0.3 is 0 Å². The molecule has 6 heteroatoms. The molecule has 0 bridgehead atoms. The van der Waals surface area contributed by atoms with Crippen LogP contribution >= 0.6 is 35.3 Å². The largest absolute Gasteiger partial charge is 0.370 e. The highest BCUT2D eigenvalue weighted by Gasteiger charge is 2.27. The van der Waals surface area contributed by atoms with Crippen molar-refractivity contribution in [2.24, 2.45) is 10.7 Å². The molecule has 0 aromatic carbocycles. The summed E-state index contributed by atoms with van der Waals surface area (Å²) in [5.74, 6) is 0.628. The maximum Gasteiger partial charge on any atom is 0.191 e. The normalized spacial score (nSPS) is 15.9. The maximum atomic E-state index is 5.83. The van der Waals surface area contributed by atoms with Gasteiger partial charge in [0.1, 0.15) is 5.01 Å². The Labute approximate surface area is 111 Å². The van der Waals surface area contributed by atoms with E-state index in [0.717, 1.165) is 5.01 Å². The predicted molar refractivity (Wildman–Crippen MR) is 73.6 cm³/mol. The second-order valence-electron chi connectivity index (χ2n) is 3.44. The number of guanidine groups is 1. The van der Waals surface area contributed by atoms with Crippen molar-refractivity contribution in [3.05, 3.63) is 16.6 Å². The van der Waals surface area contributed by atoms with Gasteiger partial charge in [0.05, 0.1) is 6.54 Å². The molecule has 1 fully saturated rings. The number of aliphatic imine (C=N–C) groups is 1. The van der Waals surface area contributed by atoms with E-state index in [0.29, 0.717) is 18.5 Å². The number of hydrogen-bond donors (Lipinski definition) is 1. The van der Waals surface area contributed by atoms with Crippen LogP contribution in [0.5, 0.6) is 0 Å². The molecule has 1 aromatic heterocycles. The van der Waals surface area contributed by atoms with Crippen molar-refractivity contribution in [2.45, 2.75) is 25.4 Å². The molecule has 0 radical (unpaired) electrons. The zero-order chi connectivity index (χ0) is 9.97. The van der Waals surface area contributed by atoms with E-state index >= 15 is 0 Å². The molecule has 2 N–H and O–H groups in total. The number of rotatable bonds is 3. The molecule has 4 nitrogen and oxygen atoms in total. The summed E-state index contributed by atoms with van der Waals surface area (Å²) in [7, 11) is 2.00. The lowest BCUT2D eigenvalue weighted by molar-refractivity contribution is 0.487. The van der Waals surface area contributed by atoms with Gasteiger partial charge in [0, 0.05) is 24.7 Å². The third kappa shape index (κ3) is 3.60. The molecule has 1 heterocycles. The van der Waals surface area contributed by atoms with Gasteiger partial charge in [-0.25, -0.2) is 9.98 Å². The second kappa shape index (κ2) is 5.64. The van der Waals surface area contributed by atoms with Gasteiger partial charge in [0.2, 0.25) is 0 Å². The lowest BCUT2D eigenvalue weighted by Crippen LogP contribution is -2.35. The fourth-order valence-corrected chi connectivity index (χ4v) is 1.78. The van der Waals surface area contributed by atoms with Gasteiger partial charge in [-0.1, -0.05) is 0 Å². The molecule has 0 atom stereocenters. The van der Waals surface area contributed by atoms with Gasteiger partial charge in [-0.3, -0.25) is 0 Å². The van der Waals surface area contributed by atoms with Crippen LogP contribution in [0.15, 0.2) is 16.6 Å². The van der Waals surface area contributed by atoms with Crippen molar-refractivity contribution in [1.82, 2.24) is 9.88 Å². The van der Waals surface area contributed by atoms with Crippen molar-refractivity contribution < 1.29 is 0 Å². The van der Waals surface area contributed by atoms with E-state index in [1.807, 2.05) is 17.3 Å². The standard InChI is InChI=1S/C9H14N4S.HI/c1-13(7-2-3-7)9(10)12-6-8-11-4-5-14-8;/h4-5,7H,2-3,6H2,1H3,(H2,10,12);1H. The molecule has 1 aliphatic carbocycles. The highest BCUT2D eigenvalue weighted by atomic mass is 127. The zero-order valence-corrected chi connectivity index (χ0v) is 11.7. The summed E-state index contributed by atoms with van der Waals surface area (Å²) >= 11 is 1.61. The molecule has 1 aliphatic rings. The Morgan fingerprint density at radius 1 is 1.73 bits per heavy atom. The number of hydrogen-bond acceptors (Lipinski definition) is 3. The van der Waals surface area contributed by atoms with Crippen molar-refractivity contribution in [1.29, 1.82) is 0 Å². The SMILES string of the molecule is CN(C(N)=NCc1nccs1)C1CC1.I. The Hall–Kier alpha value is -0.370. The molecule has 1 aromatic rings. The zero-order valence-electron chi connectivity index (χ0n) is 8.59. The Balaban J connectivity index is 0.00000112. The van der Waals surface area contributed by atoms with Crippen LogP contribution in [0.3, 0.4) is 0 Å². The van der Waals surface area contributed by atoms with E-state index in [1.165, 1.54) is 12.8 Å². The first-order valence-electron chi connectivity index (χ1n) is 4.68. The van der Waals surface area contributed by atoms with Gasteiger partial charge in [-0.15, -0.1) is 35.3 Å². The summed E-state index contributed by atoms with van der Waals surface area (Å²) in [6, 6.07) is 0.620. The molecule has 0 aliphatic heterocycles. The first-order chi connectivity index (χ1) is 6.77. The lowest BCUT2D eigenvalue weighted by atomic mass is 10.6. The fourth-order valence-electron chi connectivity index (χ4n) is 1.24. The second-order valence-corrected chi connectivity index (χ2v) is 4.42. The summed E-state index contributed by atoms with van der Waals surface area (Å²) in [5.41, 5.74) is 5.83. The Bertz CT molecular complexity index is 321. The van der Waals surface area contributed by atoms with Crippen molar-refractivity contribution in [3.8, 4) is 0 Å². The van der Waals surface area contributed by atoms with E-state index in [1.54, 1.807) is 17.5 Å². The van der Waals surface area contributed by atoms with Crippen LogP contribution in [0.1, 0.15) is 17.8 Å². The first kappa shape index (κ1) is 12.7. The number of nitrogens with zero attached hydrogens (tertiary/aromatic N) is 3. The maximum absolute atomic E-state index is 5.83. The van der Waals surface area contributed by atoms with Crippen LogP contribution in [0, 0.1) is 0 Å². The van der Waals surface area contributed by atoms with Gasteiger partial charge < -0.3 is 10.6 Å². The summed E-state index contributed by atoms with van der Waals surface area (Å²) in [4.78, 5) is 10.5. The molecular weight excluding hydrogens is 323 g/mol. The minimum Gasteiger partial charge on any atom is -0.370 e. The van der Waals surface area contributed by atoms with E-state index in [2.05, 4.69) is 9.98 Å². The molecule has 0 unspecified atom stereocenters. The summed E-state index contributed by atoms with van der Waals surface area (Å²) in [5, 5.41) is 2.96. The number of aromatic nitrogens is 1. The Kier molecular flexibility index (Phi) is 4.78. The van der Waals surface area contributed by atoms with E-state index in [9.17, 15) is 0 Å². The van der Waals surface area contributed by atoms with Crippen LogP contribution in [-0.2, 0) is 6.54 Å². The van der Waals surface area contributed by atoms with Crippen LogP contribution in [-0.4, -0.2) is 28.9 Å². The van der Waals surface area contributed by atoms with Crippen LogP contribution in [0.25, 0.3) is 0 Å². The van der Waals surface area contributed by atoms with Gasteiger partial charge in [-0.05, 0) is 12.8 Å². The molecular formula is C9H15IN4S. The number of nitrogens with two attached hydrogens (primary N) is 1. The van der Waals surface area contributed by atoms with E-state index in [-0.39, 0.29) is 24.0 Å². The summed E-state index contributed by atoms with van der Waals surface area (Å²) in [6.45, 7) is 0.598. The molecule has 84 valence electrons. The summed E-state index contributed by atoms with van der Waals surface area (Å²) < 4.78 is 0. The molecule has 0 spiro atoms. The number of thiazole rings is 1.